The maximum Gasteiger partial charge on any atom is 0.237 e. The first-order chi connectivity index (χ1) is 10.4. The molecule has 5 heteroatoms. The molecule has 0 fully saturated rings. The molecule has 0 radical (unpaired) electrons. The van der Waals surface area contributed by atoms with Crippen LogP contribution < -0.4 is 4.74 Å². The summed E-state index contributed by atoms with van der Waals surface area (Å²) in [6.07, 6.45) is 11.9. The smallest absolute Gasteiger partial charge is 0.237 e. The first-order valence-electron chi connectivity index (χ1n) is 6.38. The minimum absolute atomic E-state index is 0.474. The molecule has 0 saturated carbocycles. The predicted molar refractivity (Wildman–Crippen MR) is 79.5 cm³/mol. The number of hydrogen-bond donors (Lipinski definition) is 0. The van der Waals surface area contributed by atoms with Crippen molar-refractivity contribution in [1.29, 1.82) is 0 Å². The summed E-state index contributed by atoms with van der Waals surface area (Å²) in [6.45, 7) is 0. The molecule has 0 amide bonds. The van der Waals surface area contributed by atoms with Crippen LogP contribution in [0.4, 0.5) is 0 Å². The predicted octanol–water partition coefficient (Wildman–Crippen LogP) is 3.23. The first kappa shape index (κ1) is 12.9. The summed E-state index contributed by atoms with van der Waals surface area (Å²) >= 11 is 0. The number of nitrogens with zero attached hydrogens (tertiary/aromatic N) is 4. The summed E-state index contributed by atoms with van der Waals surface area (Å²) in [5.41, 5.74) is 1.92. The summed E-state index contributed by atoms with van der Waals surface area (Å²) in [5, 5.41) is 0. The van der Waals surface area contributed by atoms with Crippen molar-refractivity contribution in [2.75, 3.05) is 0 Å². The lowest BCUT2D eigenvalue weighted by atomic mass is 10.2. The van der Waals surface area contributed by atoms with Gasteiger partial charge in [-0.25, -0.2) is 15.0 Å². The van der Waals surface area contributed by atoms with Gasteiger partial charge in [0.1, 0.15) is 12.1 Å². The number of aromatic nitrogens is 4. The summed E-state index contributed by atoms with van der Waals surface area (Å²) in [4.78, 5) is 16.0. The molecular weight excluding hydrogens is 264 g/mol. The van der Waals surface area contributed by atoms with Crippen LogP contribution >= 0.6 is 0 Å². The van der Waals surface area contributed by atoms with Crippen molar-refractivity contribution >= 4 is 12.2 Å². The highest BCUT2D eigenvalue weighted by Crippen LogP contribution is 2.19. The van der Waals surface area contributed by atoms with E-state index in [1.54, 1.807) is 24.8 Å². The van der Waals surface area contributed by atoms with Crippen LogP contribution in [0.2, 0.25) is 0 Å². The standard InChI is InChI=1S/C16H12N4O/c1(4-14-7-8-18-12-20-14)13-2-5-15(6-3-13)21-16-11-17-9-10-19-16/h1-12H/b4-1+. The average molecular weight is 276 g/mol. The van der Waals surface area contributed by atoms with E-state index in [0.29, 0.717) is 5.88 Å². The lowest BCUT2D eigenvalue weighted by Crippen LogP contribution is -1.87. The van der Waals surface area contributed by atoms with Crippen LogP contribution in [-0.2, 0) is 0 Å². The van der Waals surface area contributed by atoms with Gasteiger partial charge in [0.05, 0.1) is 11.9 Å². The van der Waals surface area contributed by atoms with Gasteiger partial charge in [-0.1, -0.05) is 18.2 Å². The fourth-order valence-electron chi connectivity index (χ4n) is 1.69. The molecule has 1 aromatic carbocycles. The molecule has 0 aliphatic heterocycles. The Morgan fingerprint density at radius 1 is 0.810 bits per heavy atom. The van der Waals surface area contributed by atoms with Gasteiger partial charge in [-0.2, -0.15) is 0 Å². The molecular formula is C16H12N4O. The SMILES string of the molecule is C(=C\c1ccncn1)/c1ccc(Oc2cnccn2)cc1. The highest BCUT2D eigenvalue weighted by atomic mass is 16.5. The van der Waals surface area contributed by atoms with Crippen molar-refractivity contribution in [3.05, 3.63) is 72.7 Å². The maximum atomic E-state index is 5.58. The second kappa shape index (κ2) is 6.38. The molecule has 0 N–H and O–H groups in total. The van der Waals surface area contributed by atoms with E-state index in [1.807, 2.05) is 42.5 Å². The molecule has 2 heterocycles. The fraction of sp³-hybridized carbons (Fsp3) is 0. The summed E-state index contributed by atoms with van der Waals surface area (Å²) < 4.78 is 5.58. The Hall–Kier alpha value is -3.08. The number of ether oxygens (including phenoxy) is 1. The molecule has 2 aromatic heterocycles. The van der Waals surface area contributed by atoms with Crippen LogP contribution in [0.1, 0.15) is 11.3 Å². The van der Waals surface area contributed by atoms with Crippen LogP contribution in [0, 0.1) is 0 Å². The third kappa shape index (κ3) is 3.70. The normalized spacial score (nSPS) is 10.7. The molecule has 3 rings (SSSR count). The topological polar surface area (TPSA) is 60.8 Å². The highest BCUT2D eigenvalue weighted by Gasteiger charge is 1.97. The van der Waals surface area contributed by atoms with Crippen molar-refractivity contribution in [1.82, 2.24) is 19.9 Å². The van der Waals surface area contributed by atoms with Gasteiger partial charge in [0, 0.05) is 18.6 Å². The van der Waals surface area contributed by atoms with Gasteiger partial charge in [0.15, 0.2) is 0 Å². The van der Waals surface area contributed by atoms with Gasteiger partial charge < -0.3 is 4.74 Å². The summed E-state index contributed by atoms with van der Waals surface area (Å²) in [5.74, 6) is 1.19. The van der Waals surface area contributed by atoms with Gasteiger partial charge >= 0.3 is 0 Å². The van der Waals surface area contributed by atoms with Crippen LogP contribution in [-0.4, -0.2) is 19.9 Å². The van der Waals surface area contributed by atoms with Gasteiger partial charge in [-0.05, 0) is 29.8 Å². The molecule has 21 heavy (non-hydrogen) atoms. The number of benzene rings is 1. The van der Waals surface area contributed by atoms with Crippen LogP contribution in [0.25, 0.3) is 12.2 Å². The fourth-order valence-corrected chi connectivity index (χ4v) is 1.69. The minimum atomic E-state index is 0.474. The summed E-state index contributed by atoms with van der Waals surface area (Å²) in [6, 6.07) is 9.54. The third-order valence-corrected chi connectivity index (χ3v) is 2.69. The Kier molecular flexibility index (Phi) is 3.93. The third-order valence-electron chi connectivity index (χ3n) is 2.69. The van der Waals surface area contributed by atoms with Crippen LogP contribution in [0.5, 0.6) is 11.6 Å². The molecule has 0 atom stereocenters. The van der Waals surface area contributed by atoms with E-state index >= 15 is 0 Å². The second-order valence-electron chi connectivity index (χ2n) is 4.18. The van der Waals surface area contributed by atoms with Crippen molar-refractivity contribution in [3.63, 3.8) is 0 Å². The van der Waals surface area contributed by atoms with Crippen LogP contribution in [0.3, 0.4) is 0 Å². The number of hydrogen-bond acceptors (Lipinski definition) is 5. The van der Waals surface area contributed by atoms with Gasteiger partial charge in [-0.3, -0.25) is 4.98 Å². The quantitative estimate of drug-likeness (QED) is 0.732. The largest absolute Gasteiger partial charge is 0.438 e. The van der Waals surface area contributed by atoms with E-state index in [-0.39, 0.29) is 0 Å². The van der Waals surface area contributed by atoms with Crippen molar-refractivity contribution < 1.29 is 4.74 Å². The van der Waals surface area contributed by atoms with Gasteiger partial charge in [0.2, 0.25) is 5.88 Å². The van der Waals surface area contributed by atoms with Gasteiger partial charge in [-0.15, -0.1) is 0 Å². The zero-order chi connectivity index (χ0) is 14.3. The Bertz CT molecular complexity index is 712. The van der Waals surface area contributed by atoms with E-state index in [1.165, 1.54) is 6.33 Å². The van der Waals surface area contributed by atoms with E-state index in [0.717, 1.165) is 17.0 Å². The molecule has 0 aliphatic carbocycles. The molecule has 0 unspecified atom stereocenters. The molecule has 0 aliphatic rings. The molecule has 0 bridgehead atoms. The lowest BCUT2D eigenvalue weighted by Gasteiger charge is -2.03. The molecule has 0 spiro atoms. The first-order valence-corrected chi connectivity index (χ1v) is 6.38. The molecule has 102 valence electrons. The second-order valence-corrected chi connectivity index (χ2v) is 4.18. The number of rotatable bonds is 4. The lowest BCUT2D eigenvalue weighted by molar-refractivity contribution is 0.460. The Labute approximate surface area is 122 Å². The van der Waals surface area contributed by atoms with Crippen LogP contribution in [0.15, 0.2) is 61.4 Å². The van der Waals surface area contributed by atoms with E-state index in [9.17, 15) is 0 Å². The van der Waals surface area contributed by atoms with E-state index < -0.39 is 0 Å². The maximum absolute atomic E-state index is 5.58. The van der Waals surface area contributed by atoms with Crippen molar-refractivity contribution in [3.8, 4) is 11.6 Å². The van der Waals surface area contributed by atoms with Gasteiger partial charge in [0.25, 0.3) is 0 Å². The zero-order valence-electron chi connectivity index (χ0n) is 11.1. The van der Waals surface area contributed by atoms with E-state index in [2.05, 4.69) is 19.9 Å². The Morgan fingerprint density at radius 3 is 2.43 bits per heavy atom. The minimum Gasteiger partial charge on any atom is -0.438 e. The summed E-state index contributed by atoms with van der Waals surface area (Å²) in [7, 11) is 0. The van der Waals surface area contributed by atoms with Crippen molar-refractivity contribution in [2.45, 2.75) is 0 Å². The van der Waals surface area contributed by atoms with E-state index in [4.69, 9.17) is 4.74 Å². The van der Waals surface area contributed by atoms with Crippen molar-refractivity contribution in [2.24, 2.45) is 0 Å². The average Bonchev–Trinajstić information content (AvgIpc) is 2.56. The molecule has 5 nitrogen and oxygen atoms in total. The monoisotopic (exact) mass is 276 g/mol. The Balaban J connectivity index is 1.68. The molecule has 3 aromatic rings. The highest BCUT2D eigenvalue weighted by molar-refractivity contribution is 5.68. The zero-order valence-corrected chi connectivity index (χ0v) is 11.1. The molecule has 0 saturated heterocycles. The Morgan fingerprint density at radius 2 is 1.71 bits per heavy atom.